The van der Waals surface area contributed by atoms with E-state index in [9.17, 15) is 20.0 Å². The van der Waals surface area contributed by atoms with Gasteiger partial charge in [-0.25, -0.2) is 0 Å². The van der Waals surface area contributed by atoms with Gasteiger partial charge in [0.2, 0.25) is 0 Å². The van der Waals surface area contributed by atoms with E-state index in [0.717, 1.165) is 12.1 Å². The number of halogens is 2. The Morgan fingerprint density at radius 3 is 2.52 bits per heavy atom. The fourth-order valence-electron chi connectivity index (χ4n) is 1.91. The van der Waals surface area contributed by atoms with Crippen molar-refractivity contribution in [3.8, 4) is 11.5 Å². The zero-order chi connectivity index (χ0) is 18.6. The van der Waals surface area contributed by atoms with Crippen LogP contribution in [-0.4, -0.2) is 28.6 Å². The maximum absolute atomic E-state index is 12.0. The molecule has 1 unspecified atom stereocenters. The Morgan fingerprint density at radius 2 is 1.96 bits per heavy atom. The molecule has 0 aliphatic rings. The Hall–Kier alpha value is -2.35. The number of nitrogens with one attached hydrogen (secondary N) is 1. The van der Waals surface area contributed by atoms with Crippen LogP contribution >= 0.6 is 23.2 Å². The van der Waals surface area contributed by atoms with Crippen molar-refractivity contribution in [1.29, 1.82) is 0 Å². The molecule has 0 aliphatic carbocycles. The lowest BCUT2D eigenvalue weighted by Crippen LogP contribution is -2.30. The van der Waals surface area contributed by atoms with Crippen molar-refractivity contribution in [3.63, 3.8) is 0 Å². The van der Waals surface area contributed by atoms with Crippen molar-refractivity contribution in [1.82, 2.24) is 5.32 Å². The summed E-state index contributed by atoms with van der Waals surface area (Å²) in [6.45, 7) is 1.67. The Kier molecular flexibility index (Phi) is 6.19. The molecule has 132 valence electrons. The molecule has 0 bridgehead atoms. The lowest BCUT2D eigenvalue weighted by Gasteiger charge is -2.11. The number of carbonyl (C=O) groups is 1. The predicted molar refractivity (Wildman–Crippen MR) is 93.6 cm³/mol. The molecule has 0 fully saturated rings. The summed E-state index contributed by atoms with van der Waals surface area (Å²) in [5.74, 6) is -0.0509. The van der Waals surface area contributed by atoms with Crippen LogP contribution in [0.25, 0.3) is 0 Å². The number of aliphatic hydroxyl groups excluding tert-OH is 1. The fourth-order valence-corrected chi connectivity index (χ4v) is 2.46. The van der Waals surface area contributed by atoms with Gasteiger partial charge < -0.3 is 15.2 Å². The summed E-state index contributed by atoms with van der Waals surface area (Å²) in [6, 6.07) is 8.47. The quantitative estimate of drug-likeness (QED) is 0.582. The number of nitro groups is 1. The highest BCUT2D eigenvalue weighted by Gasteiger charge is 2.17. The first-order chi connectivity index (χ1) is 11.8. The number of ether oxygens (including phenoxy) is 1. The van der Waals surface area contributed by atoms with Crippen LogP contribution in [0.4, 0.5) is 5.69 Å². The number of hydrogen-bond acceptors (Lipinski definition) is 5. The number of hydrogen-bond donors (Lipinski definition) is 2. The minimum absolute atomic E-state index is 0.0249. The van der Waals surface area contributed by atoms with Crippen LogP contribution < -0.4 is 10.1 Å². The van der Waals surface area contributed by atoms with Crippen LogP contribution in [0.15, 0.2) is 36.4 Å². The molecule has 2 N–H and O–H groups in total. The molecule has 0 spiro atoms. The number of rotatable bonds is 6. The van der Waals surface area contributed by atoms with E-state index in [2.05, 4.69) is 5.32 Å². The van der Waals surface area contributed by atoms with E-state index in [-0.39, 0.29) is 39.7 Å². The highest BCUT2D eigenvalue weighted by atomic mass is 35.5. The van der Waals surface area contributed by atoms with E-state index in [1.807, 2.05) is 0 Å². The second-order valence-corrected chi connectivity index (χ2v) is 6.00. The van der Waals surface area contributed by atoms with Gasteiger partial charge in [0.25, 0.3) is 11.6 Å². The first-order valence-electron chi connectivity index (χ1n) is 7.15. The average molecular weight is 385 g/mol. The molecule has 2 rings (SSSR count). The van der Waals surface area contributed by atoms with E-state index in [4.69, 9.17) is 27.9 Å². The third-order valence-corrected chi connectivity index (χ3v) is 3.63. The summed E-state index contributed by atoms with van der Waals surface area (Å²) in [5.41, 5.74) is 0.0564. The third-order valence-electron chi connectivity index (χ3n) is 3.07. The zero-order valence-corrected chi connectivity index (χ0v) is 14.5. The molecule has 0 radical (unpaired) electrons. The molecule has 0 saturated carbocycles. The zero-order valence-electron chi connectivity index (χ0n) is 13.0. The molecule has 25 heavy (non-hydrogen) atoms. The van der Waals surface area contributed by atoms with Crippen LogP contribution in [0, 0.1) is 10.1 Å². The van der Waals surface area contributed by atoms with Gasteiger partial charge in [-0.15, -0.1) is 0 Å². The molecule has 0 heterocycles. The highest BCUT2D eigenvalue weighted by molar-refractivity contribution is 6.37. The van der Waals surface area contributed by atoms with Crippen LogP contribution in [0.5, 0.6) is 11.5 Å². The molecule has 0 saturated heterocycles. The van der Waals surface area contributed by atoms with E-state index in [0.29, 0.717) is 5.56 Å². The molecule has 2 aromatic rings. The second kappa shape index (κ2) is 8.15. The standard InChI is InChI=1S/C16H14Cl2N2O5/c1-9(21)8-19-16(22)10-3-2-4-12(5-10)25-15-13(17)6-11(20(23)24)7-14(15)18/h2-7,9,21H,8H2,1H3,(H,19,22). The van der Waals surface area contributed by atoms with Gasteiger partial charge in [0.1, 0.15) is 5.75 Å². The molecule has 0 aromatic heterocycles. The average Bonchev–Trinajstić information content (AvgIpc) is 2.55. The van der Waals surface area contributed by atoms with Gasteiger partial charge >= 0.3 is 0 Å². The van der Waals surface area contributed by atoms with E-state index < -0.39 is 11.0 Å². The lowest BCUT2D eigenvalue weighted by molar-refractivity contribution is -0.384. The monoisotopic (exact) mass is 384 g/mol. The van der Waals surface area contributed by atoms with Crippen LogP contribution in [0.2, 0.25) is 10.0 Å². The highest BCUT2D eigenvalue weighted by Crippen LogP contribution is 2.39. The molecule has 0 aliphatic heterocycles. The molecule has 2 aromatic carbocycles. The summed E-state index contributed by atoms with van der Waals surface area (Å²) in [7, 11) is 0. The first-order valence-corrected chi connectivity index (χ1v) is 7.91. The van der Waals surface area contributed by atoms with Crippen molar-refractivity contribution in [2.24, 2.45) is 0 Å². The van der Waals surface area contributed by atoms with E-state index in [1.54, 1.807) is 25.1 Å². The Bertz CT molecular complexity index is 788. The predicted octanol–water partition coefficient (Wildman–Crippen LogP) is 3.80. The van der Waals surface area contributed by atoms with E-state index >= 15 is 0 Å². The van der Waals surface area contributed by atoms with Crippen molar-refractivity contribution < 1.29 is 19.6 Å². The van der Waals surface area contributed by atoms with Gasteiger partial charge in [0, 0.05) is 24.2 Å². The number of benzene rings is 2. The van der Waals surface area contributed by atoms with Gasteiger partial charge in [-0.3, -0.25) is 14.9 Å². The summed E-state index contributed by atoms with van der Waals surface area (Å²) >= 11 is 12.0. The maximum Gasteiger partial charge on any atom is 0.272 e. The maximum atomic E-state index is 12.0. The summed E-state index contributed by atoms with van der Waals surface area (Å²) in [4.78, 5) is 22.2. The molecule has 7 nitrogen and oxygen atoms in total. The third kappa shape index (κ3) is 5.06. The van der Waals surface area contributed by atoms with Gasteiger partial charge in [-0.1, -0.05) is 29.3 Å². The smallest absolute Gasteiger partial charge is 0.272 e. The van der Waals surface area contributed by atoms with Crippen LogP contribution in [0.1, 0.15) is 17.3 Å². The van der Waals surface area contributed by atoms with Gasteiger partial charge in [0.15, 0.2) is 5.75 Å². The van der Waals surface area contributed by atoms with Crippen molar-refractivity contribution in [2.45, 2.75) is 13.0 Å². The molecule has 9 heteroatoms. The largest absolute Gasteiger partial charge is 0.454 e. The van der Waals surface area contributed by atoms with Crippen LogP contribution in [0.3, 0.4) is 0 Å². The molecule has 1 amide bonds. The summed E-state index contributed by atoms with van der Waals surface area (Å²) < 4.78 is 5.58. The Balaban J connectivity index is 2.23. The Morgan fingerprint density at radius 1 is 1.32 bits per heavy atom. The van der Waals surface area contributed by atoms with Crippen molar-refractivity contribution in [2.75, 3.05) is 6.54 Å². The van der Waals surface area contributed by atoms with Crippen molar-refractivity contribution >= 4 is 34.8 Å². The van der Waals surface area contributed by atoms with Crippen LogP contribution in [-0.2, 0) is 0 Å². The normalized spacial score (nSPS) is 11.7. The number of aliphatic hydroxyl groups is 1. The number of nitrogens with zero attached hydrogens (tertiary/aromatic N) is 1. The van der Waals surface area contributed by atoms with Gasteiger partial charge in [-0.2, -0.15) is 0 Å². The summed E-state index contributed by atoms with van der Waals surface area (Å²) in [6.07, 6.45) is -0.666. The molecule has 1 atom stereocenters. The summed E-state index contributed by atoms with van der Waals surface area (Å²) in [5, 5.41) is 22.5. The molecular weight excluding hydrogens is 371 g/mol. The van der Waals surface area contributed by atoms with Gasteiger partial charge in [-0.05, 0) is 25.1 Å². The Labute approximate surface area is 153 Å². The first kappa shape index (κ1) is 19.0. The van der Waals surface area contributed by atoms with E-state index in [1.165, 1.54) is 6.07 Å². The fraction of sp³-hybridized carbons (Fsp3) is 0.188. The number of nitro benzene ring substituents is 1. The SMILES string of the molecule is CC(O)CNC(=O)c1cccc(Oc2c(Cl)cc([N+](=O)[O-])cc2Cl)c1. The number of non-ortho nitro benzene ring substituents is 1. The lowest BCUT2D eigenvalue weighted by atomic mass is 10.2. The molecular formula is C16H14Cl2N2O5. The minimum atomic E-state index is -0.666. The minimum Gasteiger partial charge on any atom is -0.454 e. The van der Waals surface area contributed by atoms with Crippen molar-refractivity contribution in [3.05, 3.63) is 62.1 Å². The topological polar surface area (TPSA) is 102 Å². The number of carbonyl (C=O) groups excluding carboxylic acids is 1. The van der Waals surface area contributed by atoms with Gasteiger partial charge in [0.05, 0.1) is 21.1 Å². The number of amides is 1. The second-order valence-electron chi connectivity index (χ2n) is 5.18.